The van der Waals surface area contributed by atoms with Crippen LogP contribution >= 0.6 is 0 Å². The maximum Gasteiger partial charge on any atom is 0.261 e. The van der Waals surface area contributed by atoms with E-state index in [9.17, 15) is 28.0 Å². The third kappa shape index (κ3) is 7.44. The number of rotatable bonds is 14. The van der Waals surface area contributed by atoms with Crippen molar-refractivity contribution in [2.24, 2.45) is 17.6 Å². The van der Waals surface area contributed by atoms with Crippen LogP contribution < -0.4 is 21.1 Å². The molecule has 4 rings (SSSR count). The van der Waals surface area contributed by atoms with Gasteiger partial charge in [0, 0.05) is 19.4 Å². The molecule has 1 unspecified atom stereocenters. The standard InChI is InChI=1S/C30H42F2N4O6/c1-19(34-24(37)16-36-13-12-29(31,32)17-36)26(39)35-30(27(33)40,15-21-8-10-22(41-3)11-9-21)23(14-20-6-4-5-7-20)25(38)28(2)18-42-28/h8-11,19-20,23H,4-7,12-18H2,1-3H3,(H2,33,40)(H,34,37)(H,35,39)/t19-,23+,28+,30?/m0/s1. The average molecular weight is 593 g/mol. The first-order valence-corrected chi connectivity index (χ1v) is 14.6. The molecule has 232 valence electrons. The van der Waals surface area contributed by atoms with E-state index in [0.717, 1.165) is 25.7 Å². The number of ether oxygens (including phenoxy) is 2. The lowest BCUT2D eigenvalue weighted by molar-refractivity contribution is -0.142. The summed E-state index contributed by atoms with van der Waals surface area (Å²) < 4.78 is 37.9. The lowest BCUT2D eigenvalue weighted by atomic mass is 9.69. The molecule has 0 aromatic heterocycles. The second-order valence-corrected chi connectivity index (χ2v) is 12.3. The van der Waals surface area contributed by atoms with Gasteiger partial charge < -0.3 is 25.8 Å². The number of amides is 3. The van der Waals surface area contributed by atoms with Gasteiger partial charge in [-0.15, -0.1) is 0 Å². The molecule has 0 spiro atoms. The fraction of sp³-hybridized carbons (Fsp3) is 0.667. The number of primary amides is 1. The summed E-state index contributed by atoms with van der Waals surface area (Å²) in [6.45, 7) is 2.56. The molecule has 3 fully saturated rings. The number of carbonyl (C=O) groups is 4. The van der Waals surface area contributed by atoms with Crippen molar-refractivity contribution >= 4 is 23.5 Å². The van der Waals surface area contributed by atoms with Crippen LogP contribution in [0.2, 0.25) is 0 Å². The molecular formula is C30H42F2N4O6. The van der Waals surface area contributed by atoms with Gasteiger partial charge in [-0.25, -0.2) is 8.78 Å². The Kier molecular flexibility index (Phi) is 9.56. The van der Waals surface area contributed by atoms with E-state index in [4.69, 9.17) is 15.2 Å². The lowest BCUT2D eigenvalue weighted by Gasteiger charge is -2.40. The Hall–Kier alpha value is -3.12. The first kappa shape index (κ1) is 31.8. The number of epoxide rings is 1. The number of Topliss-reactive ketones (excluding diaryl/α,β-unsaturated/α-hetero) is 1. The number of nitrogens with zero attached hydrogens (tertiary/aromatic N) is 1. The molecule has 4 N–H and O–H groups in total. The van der Waals surface area contributed by atoms with Crippen molar-refractivity contribution in [2.75, 3.05) is 33.4 Å². The maximum absolute atomic E-state index is 14.0. The third-order valence-corrected chi connectivity index (χ3v) is 8.87. The van der Waals surface area contributed by atoms with Gasteiger partial charge in [0.25, 0.3) is 5.92 Å². The second kappa shape index (κ2) is 12.6. The van der Waals surface area contributed by atoms with E-state index in [-0.39, 0.29) is 44.2 Å². The molecule has 3 amide bonds. The number of benzene rings is 1. The van der Waals surface area contributed by atoms with Crippen molar-refractivity contribution in [3.05, 3.63) is 29.8 Å². The number of hydrogen-bond acceptors (Lipinski definition) is 7. The van der Waals surface area contributed by atoms with E-state index in [1.165, 1.54) is 18.9 Å². The smallest absolute Gasteiger partial charge is 0.261 e. The minimum absolute atomic E-state index is 0.0686. The Labute approximate surface area is 245 Å². The SMILES string of the molecule is COc1ccc(CC(NC(=O)[C@H](C)NC(=O)CN2CCC(F)(F)C2)(C(N)=O)[C@H](CC2CCCC2)C(=O)[C@@]2(C)CO2)cc1. The molecule has 42 heavy (non-hydrogen) atoms. The Bertz CT molecular complexity index is 1170. The molecule has 1 saturated carbocycles. The van der Waals surface area contributed by atoms with Crippen LogP contribution in [0.1, 0.15) is 57.9 Å². The number of nitrogens with one attached hydrogen (secondary N) is 2. The summed E-state index contributed by atoms with van der Waals surface area (Å²) in [5, 5.41) is 5.35. The zero-order chi connectivity index (χ0) is 30.7. The first-order valence-electron chi connectivity index (χ1n) is 14.6. The summed E-state index contributed by atoms with van der Waals surface area (Å²) >= 11 is 0. The average Bonchev–Trinajstić information content (AvgIpc) is 3.31. The molecule has 12 heteroatoms. The Morgan fingerprint density at radius 2 is 1.83 bits per heavy atom. The van der Waals surface area contributed by atoms with E-state index < -0.39 is 53.3 Å². The fourth-order valence-electron chi connectivity index (χ4n) is 6.20. The van der Waals surface area contributed by atoms with Gasteiger partial charge in [0.05, 0.1) is 32.7 Å². The van der Waals surface area contributed by atoms with Crippen LogP contribution in [0, 0.1) is 11.8 Å². The van der Waals surface area contributed by atoms with Crippen LogP contribution in [-0.4, -0.2) is 84.9 Å². The molecule has 4 atom stereocenters. The summed E-state index contributed by atoms with van der Waals surface area (Å²) in [6.07, 6.45) is 3.77. The van der Waals surface area contributed by atoms with Crippen molar-refractivity contribution in [3.63, 3.8) is 0 Å². The molecule has 0 radical (unpaired) electrons. The van der Waals surface area contributed by atoms with Gasteiger partial charge in [0.1, 0.15) is 22.9 Å². The van der Waals surface area contributed by atoms with Gasteiger partial charge in [0.2, 0.25) is 17.7 Å². The minimum Gasteiger partial charge on any atom is -0.497 e. The molecule has 0 bridgehead atoms. The van der Waals surface area contributed by atoms with Crippen molar-refractivity contribution in [1.82, 2.24) is 15.5 Å². The molecule has 1 aliphatic carbocycles. The highest BCUT2D eigenvalue weighted by molar-refractivity contribution is 6.01. The number of methoxy groups -OCH3 is 1. The van der Waals surface area contributed by atoms with Gasteiger partial charge in [-0.2, -0.15) is 0 Å². The van der Waals surface area contributed by atoms with Crippen LogP contribution in [0.5, 0.6) is 5.75 Å². The van der Waals surface area contributed by atoms with Gasteiger partial charge in [-0.05, 0) is 43.9 Å². The topological polar surface area (TPSA) is 143 Å². The number of likely N-dealkylation sites (tertiary alicyclic amines) is 1. The molecule has 2 saturated heterocycles. The number of hydrogen-bond donors (Lipinski definition) is 3. The Morgan fingerprint density at radius 1 is 1.19 bits per heavy atom. The monoisotopic (exact) mass is 592 g/mol. The summed E-state index contributed by atoms with van der Waals surface area (Å²) in [5.74, 6) is -5.55. The zero-order valence-electron chi connectivity index (χ0n) is 24.5. The fourth-order valence-corrected chi connectivity index (χ4v) is 6.20. The van der Waals surface area contributed by atoms with E-state index >= 15 is 0 Å². The molecule has 3 aliphatic rings. The minimum atomic E-state index is -2.85. The summed E-state index contributed by atoms with van der Waals surface area (Å²) in [4.78, 5) is 55.1. The van der Waals surface area contributed by atoms with Crippen LogP contribution in [0.3, 0.4) is 0 Å². The van der Waals surface area contributed by atoms with Crippen molar-refractivity contribution in [3.8, 4) is 5.75 Å². The number of carbonyl (C=O) groups excluding carboxylic acids is 4. The predicted molar refractivity (Wildman–Crippen MR) is 150 cm³/mol. The van der Waals surface area contributed by atoms with Gasteiger partial charge in [-0.3, -0.25) is 24.1 Å². The number of alkyl halides is 2. The van der Waals surface area contributed by atoms with E-state index in [2.05, 4.69) is 10.6 Å². The molecule has 1 aromatic carbocycles. The summed E-state index contributed by atoms with van der Waals surface area (Å²) in [6, 6.07) is 5.78. The quantitative estimate of drug-likeness (QED) is 0.280. The number of nitrogens with two attached hydrogens (primary N) is 1. The Balaban J connectivity index is 1.61. The van der Waals surface area contributed by atoms with Crippen molar-refractivity contribution in [2.45, 2.75) is 81.9 Å². The lowest BCUT2D eigenvalue weighted by Crippen LogP contribution is -2.68. The van der Waals surface area contributed by atoms with Crippen LogP contribution in [0.15, 0.2) is 24.3 Å². The zero-order valence-corrected chi connectivity index (χ0v) is 24.5. The van der Waals surface area contributed by atoms with E-state index in [1.54, 1.807) is 31.2 Å². The summed E-state index contributed by atoms with van der Waals surface area (Å²) in [5.41, 5.74) is 3.85. The number of halogens is 2. The predicted octanol–water partition coefficient (Wildman–Crippen LogP) is 1.98. The second-order valence-electron chi connectivity index (χ2n) is 12.3. The molecule has 10 nitrogen and oxygen atoms in total. The van der Waals surface area contributed by atoms with Crippen LogP contribution in [-0.2, 0) is 30.3 Å². The van der Waals surface area contributed by atoms with Gasteiger partial charge in [-0.1, -0.05) is 37.8 Å². The van der Waals surface area contributed by atoms with Crippen LogP contribution in [0.4, 0.5) is 8.78 Å². The number of ketones is 1. The van der Waals surface area contributed by atoms with Gasteiger partial charge >= 0.3 is 0 Å². The molecule has 2 heterocycles. The Morgan fingerprint density at radius 3 is 2.36 bits per heavy atom. The van der Waals surface area contributed by atoms with E-state index in [0.29, 0.717) is 17.7 Å². The molecule has 2 aliphatic heterocycles. The van der Waals surface area contributed by atoms with Crippen LogP contribution in [0.25, 0.3) is 0 Å². The molecule has 1 aromatic rings. The normalized spacial score (nSPS) is 24.8. The first-order chi connectivity index (χ1) is 19.8. The van der Waals surface area contributed by atoms with Crippen molar-refractivity contribution < 1.29 is 37.4 Å². The van der Waals surface area contributed by atoms with Crippen molar-refractivity contribution in [1.29, 1.82) is 0 Å². The van der Waals surface area contributed by atoms with Gasteiger partial charge in [0.15, 0.2) is 5.78 Å². The maximum atomic E-state index is 14.0. The molecular weight excluding hydrogens is 550 g/mol. The highest BCUT2D eigenvalue weighted by Gasteiger charge is 2.58. The largest absolute Gasteiger partial charge is 0.497 e. The third-order valence-electron chi connectivity index (χ3n) is 8.87. The highest BCUT2D eigenvalue weighted by Crippen LogP contribution is 2.41. The highest BCUT2D eigenvalue weighted by atomic mass is 19.3. The van der Waals surface area contributed by atoms with E-state index in [1.807, 2.05) is 0 Å². The summed E-state index contributed by atoms with van der Waals surface area (Å²) in [7, 11) is 1.53.